The van der Waals surface area contributed by atoms with Crippen LogP contribution in [0, 0.1) is 0 Å². The molecule has 8 heteroatoms. The molecule has 152 valence electrons. The smallest absolute Gasteiger partial charge is 0.261 e. The van der Waals surface area contributed by atoms with Gasteiger partial charge in [-0.3, -0.25) is 9.36 Å². The van der Waals surface area contributed by atoms with Crippen molar-refractivity contribution in [1.29, 1.82) is 0 Å². The maximum Gasteiger partial charge on any atom is 0.261 e. The van der Waals surface area contributed by atoms with E-state index in [4.69, 9.17) is 10.1 Å². The summed E-state index contributed by atoms with van der Waals surface area (Å²) in [6.07, 6.45) is 6.41. The summed E-state index contributed by atoms with van der Waals surface area (Å²) < 4.78 is 1.45. The molecule has 3 heterocycles. The van der Waals surface area contributed by atoms with Gasteiger partial charge in [0.15, 0.2) is 5.13 Å². The van der Waals surface area contributed by atoms with Crippen LogP contribution in [0.25, 0.3) is 10.9 Å². The Balaban J connectivity index is 1.31. The fourth-order valence-electron chi connectivity index (χ4n) is 4.24. The van der Waals surface area contributed by atoms with Crippen molar-refractivity contribution in [2.45, 2.75) is 32.2 Å². The number of benzene rings is 1. The number of hydrogen-bond donors (Lipinski definition) is 1. The van der Waals surface area contributed by atoms with Crippen molar-refractivity contribution in [2.75, 3.05) is 42.6 Å². The third-order valence-electron chi connectivity index (χ3n) is 5.90. The lowest BCUT2D eigenvalue weighted by molar-refractivity contribution is 0.274. The van der Waals surface area contributed by atoms with Crippen molar-refractivity contribution in [3.63, 3.8) is 0 Å². The van der Waals surface area contributed by atoms with Gasteiger partial charge in [0, 0.05) is 36.7 Å². The lowest BCUT2D eigenvalue weighted by Crippen LogP contribution is -2.46. The number of aromatic nitrogens is 3. The van der Waals surface area contributed by atoms with Gasteiger partial charge in [0.2, 0.25) is 0 Å². The van der Waals surface area contributed by atoms with Crippen molar-refractivity contribution in [2.24, 2.45) is 0 Å². The van der Waals surface area contributed by atoms with Crippen LogP contribution >= 0.6 is 11.3 Å². The second-order valence-electron chi connectivity index (χ2n) is 7.72. The van der Waals surface area contributed by atoms with Gasteiger partial charge in [-0.2, -0.15) is 0 Å². The zero-order chi connectivity index (χ0) is 19.8. The van der Waals surface area contributed by atoms with E-state index in [0.717, 1.165) is 38.3 Å². The molecule has 2 aromatic heterocycles. The van der Waals surface area contributed by atoms with Crippen LogP contribution in [0.1, 0.15) is 23.4 Å². The zero-order valence-electron chi connectivity index (χ0n) is 16.4. The lowest BCUT2D eigenvalue weighted by atomic mass is 10.0. The van der Waals surface area contributed by atoms with Gasteiger partial charge in [-0.25, -0.2) is 9.97 Å². The molecule has 1 fully saturated rings. The van der Waals surface area contributed by atoms with Gasteiger partial charge in [-0.05, 0) is 43.9 Å². The highest BCUT2D eigenvalue weighted by atomic mass is 32.1. The van der Waals surface area contributed by atoms with E-state index in [2.05, 4.69) is 14.8 Å². The molecular weight excluding hydrogens is 386 g/mol. The summed E-state index contributed by atoms with van der Waals surface area (Å²) in [5, 5.41) is 10.9. The van der Waals surface area contributed by atoms with Crippen LogP contribution in [0.5, 0.6) is 0 Å². The Morgan fingerprint density at radius 1 is 1.07 bits per heavy atom. The van der Waals surface area contributed by atoms with Crippen LogP contribution in [0.3, 0.4) is 0 Å². The van der Waals surface area contributed by atoms with Crippen LogP contribution in [0.15, 0.2) is 29.3 Å². The van der Waals surface area contributed by atoms with E-state index in [1.165, 1.54) is 45.9 Å². The number of nitrogens with zero attached hydrogens (tertiary/aromatic N) is 5. The average molecular weight is 412 g/mol. The highest BCUT2D eigenvalue weighted by molar-refractivity contribution is 7.15. The first-order chi connectivity index (χ1) is 14.2. The molecule has 29 heavy (non-hydrogen) atoms. The van der Waals surface area contributed by atoms with Gasteiger partial charge in [0.1, 0.15) is 0 Å². The van der Waals surface area contributed by atoms with Crippen LogP contribution in [-0.4, -0.2) is 52.4 Å². The summed E-state index contributed by atoms with van der Waals surface area (Å²) in [5.41, 5.74) is 3.03. The van der Waals surface area contributed by atoms with Gasteiger partial charge < -0.3 is 14.9 Å². The summed E-state index contributed by atoms with van der Waals surface area (Å²) in [4.78, 5) is 28.1. The molecule has 3 aromatic rings. The minimum atomic E-state index is -0.104. The summed E-state index contributed by atoms with van der Waals surface area (Å²) >= 11 is 1.88. The van der Waals surface area contributed by atoms with E-state index in [-0.39, 0.29) is 18.7 Å². The van der Waals surface area contributed by atoms with E-state index in [9.17, 15) is 4.79 Å². The molecule has 0 radical (unpaired) electrons. The molecule has 1 N–H and O–H groups in total. The molecular formula is C21H25N5O2S. The highest BCUT2D eigenvalue weighted by Crippen LogP contribution is 2.32. The Bertz CT molecular complexity index is 1060. The summed E-state index contributed by atoms with van der Waals surface area (Å²) in [6, 6.07) is 5.86. The number of rotatable bonds is 4. The van der Waals surface area contributed by atoms with Crippen molar-refractivity contribution >= 4 is 33.1 Å². The van der Waals surface area contributed by atoms with Crippen molar-refractivity contribution in [3.8, 4) is 0 Å². The number of fused-ring (bicyclic) bond motifs is 2. The molecule has 0 saturated carbocycles. The average Bonchev–Trinajstić information content (AvgIpc) is 3.20. The van der Waals surface area contributed by atoms with Crippen molar-refractivity contribution in [3.05, 3.63) is 45.5 Å². The van der Waals surface area contributed by atoms with E-state index in [1.54, 1.807) is 0 Å². The second-order valence-corrected chi connectivity index (χ2v) is 8.78. The Morgan fingerprint density at radius 2 is 1.86 bits per heavy atom. The Kier molecular flexibility index (Phi) is 4.97. The predicted molar refractivity (Wildman–Crippen MR) is 116 cm³/mol. The fraction of sp³-hybridized carbons (Fsp3) is 0.476. The number of aryl methyl sites for hydroxylation is 2. The largest absolute Gasteiger partial charge is 0.395 e. The number of anilines is 2. The standard InChI is InChI=1S/C21H25N5O2S/c27-12-11-26-14-22-18-13-15(5-6-16(18)20(26)28)24-7-9-25(10-8-24)21-23-17-3-1-2-4-19(17)29-21/h5-6,13-14,27H,1-4,7-12H2. The minimum Gasteiger partial charge on any atom is -0.395 e. The van der Waals surface area contributed by atoms with Gasteiger partial charge in [-0.15, -0.1) is 11.3 Å². The SMILES string of the molecule is O=c1c2ccc(N3CCN(c4nc5c(s4)CCCC5)CC3)cc2ncn1CCO. The second kappa shape index (κ2) is 7.76. The topological polar surface area (TPSA) is 74.5 Å². The molecule has 1 aromatic carbocycles. The first kappa shape index (κ1) is 18.6. The van der Waals surface area contributed by atoms with Crippen LogP contribution in [-0.2, 0) is 19.4 Å². The summed E-state index contributed by atoms with van der Waals surface area (Å²) in [7, 11) is 0. The summed E-state index contributed by atoms with van der Waals surface area (Å²) in [6.45, 7) is 3.96. The molecule has 1 aliphatic heterocycles. The zero-order valence-corrected chi connectivity index (χ0v) is 17.2. The molecule has 1 saturated heterocycles. The molecule has 0 spiro atoms. The minimum absolute atomic E-state index is 0.0719. The van der Waals surface area contributed by atoms with Gasteiger partial charge in [0.05, 0.1) is 36.1 Å². The first-order valence-electron chi connectivity index (χ1n) is 10.3. The number of hydrogen-bond acceptors (Lipinski definition) is 7. The Morgan fingerprint density at radius 3 is 2.66 bits per heavy atom. The number of thiazole rings is 1. The van der Waals surface area contributed by atoms with Gasteiger partial charge in [-0.1, -0.05) is 0 Å². The molecule has 1 aliphatic carbocycles. The summed E-state index contributed by atoms with van der Waals surface area (Å²) in [5.74, 6) is 0. The first-order valence-corrected chi connectivity index (χ1v) is 11.1. The number of aliphatic hydroxyl groups is 1. The Labute approximate surface area is 173 Å². The van der Waals surface area contributed by atoms with Crippen LogP contribution in [0.2, 0.25) is 0 Å². The lowest BCUT2D eigenvalue weighted by Gasteiger charge is -2.36. The van der Waals surface area contributed by atoms with Crippen molar-refractivity contribution < 1.29 is 5.11 Å². The van der Waals surface area contributed by atoms with E-state index in [1.807, 2.05) is 29.5 Å². The van der Waals surface area contributed by atoms with E-state index < -0.39 is 0 Å². The third-order valence-corrected chi connectivity index (χ3v) is 7.12. The molecule has 0 unspecified atom stereocenters. The number of aliphatic hydroxyl groups excluding tert-OH is 1. The number of piperazine rings is 1. The van der Waals surface area contributed by atoms with Gasteiger partial charge in [0.25, 0.3) is 5.56 Å². The van der Waals surface area contributed by atoms with E-state index in [0.29, 0.717) is 10.9 Å². The molecule has 0 amide bonds. The molecule has 0 bridgehead atoms. The molecule has 2 aliphatic rings. The molecule has 7 nitrogen and oxygen atoms in total. The molecule has 0 atom stereocenters. The van der Waals surface area contributed by atoms with E-state index >= 15 is 0 Å². The monoisotopic (exact) mass is 411 g/mol. The Hall–Kier alpha value is -2.45. The third kappa shape index (κ3) is 3.51. The maximum absolute atomic E-state index is 12.5. The van der Waals surface area contributed by atoms with Crippen LogP contribution in [0.4, 0.5) is 10.8 Å². The quantitative estimate of drug-likeness (QED) is 0.708. The predicted octanol–water partition coefficient (Wildman–Crippen LogP) is 2.05. The van der Waals surface area contributed by atoms with Crippen LogP contribution < -0.4 is 15.4 Å². The van der Waals surface area contributed by atoms with Crippen molar-refractivity contribution in [1.82, 2.24) is 14.5 Å². The maximum atomic E-state index is 12.5. The highest BCUT2D eigenvalue weighted by Gasteiger charge is 2.23. The van der Waals surface area contributed by atoms with Gasteiger partial charge >= 0.3 is 0 Å². The fourth-order valence-corrected chi connectivity index (χ4v) is 5.44. The molecule has 5 rings (SSSR count). The normalized spacial score (nSPS) is 17.0.